The van der Waals surface area contributed by atoms with Gasteiger partial charge in [0.1, 0.15) is 5.82 Å². The minimum atomic E-state index is -0.879. The van der Waals surface area contributed by atoms with Crippen molar-refractivity contribution < 1.29 is 28.5 Å². The zero-order chi connectivity index (χ0) is 40.0. The van der Waals surface area contributed by atoms with Gasteiger partial charge in [-0.05, 0) is 65.9 Å². The topological polar surface area (TPSA) is 62.7 Å². The van der Waals surface area contributed by atoms with E-state index in [1.165, 1.54) is 0 Å². The number of rotatable bonds is 8. The summed E-state index contributed by atoms with van der Waals surface area (Å²) in [6.07, 6.45) is 1.84. The Balaban J connectivity index is 0.00000469. The second kappa shape index (κ2) is 14.5. The van der Waals surface area contributed by atoms with Crippen LogP contribution < -0.4 is 4.74 Å². The second-order valence-electron chi connectivity index (χ2n) is 15.1. The van der Waals surface area contributed by atoms with E-state index >= 15 is 0 Å². The van der Waals surface area contributed by atoms with Crippen LogP contribution in [0.3, 0.4) is 0 Å². The quantitative estimate of drug-likeness (QED) is 0.142. The van der Waals surface area contributed by atoms with Gasteiger partial charge in [-0.1, -0.05) is 107 Å². The molecule has 0 amide bonds. The molecule has 0 unspecified atom stereocenters. The van der Waals surface area contributed by atoms with E-state index in [1.54, 1.807) is 4.68 Å². The molecular weight excluding hydrogens is 872 g/mol. The minimum absolute atomic E-state index is 0. The molecule has 0 N–H and O–H groups in total. The van der Waals surface area contributed by atoms with E-state index in [0.717, 1.165) is 83.1 Å². The van der Waals surface area contributed by atoms with Gasteiger partial charge in [-0.3, -0.25) is 0 Å². The Bertz CT molecular complexity index is 2960. The largest absolute Gasteiger partial charge is 2.00 e. The van der Waals surface area contributed by atoms with E-state index in [-0.39, 0.29) is 27.0 Å². The molecule has 5 aromatic carbocycles. The van der Waals surface area contributed by atoms with Crippen molar-refractivity contribution >= 4 is 43.6 Å². The summed E-state index contributed by atoms with van der Waals surface area (Å²) in [5.74, 6) is 0.310. The maximum absolute atomic E-state index is 9.21. The van der Waals surface area contributed by atoms with E-state index < -0.39 is 11.8 Å². The SMILES string of the molecule is [2H]C(C)(C)c1cccc2c3cccc(C([2H])(C)C)c3n(-c3ccnc(-n4c5[c-]c(Oc6[c-]c(-n7nnc(C)c7C)cc(C(C)C)c6)ccc5c5ccccc54)c3)c12.[Pt+2]. The number of fused-ring (bicyclic) bond motifs is 6. The standard InChI is InChI=1S/C48H44N6O.Pt/c1-28(2)33-23-35(54-32(8)31(7)50-51-54)25-37(24-33)55-36-19-20-41-40-13-9-10-18-44(40)53(45(41)27-36)46-26-34(21-22-49-46)52-47-38(29(3)4)14-11-16-42(47)43-17-12-15-39(30(5)6)48(43)52;/h9-24,26,28-30H,1-8H3;/q-2;+2/i29D,30D;. The fourth-order valence-corrected chi connectivity index (χ4v) is 7.82. The van der Waals surface area contributed by atoms with Gasteiger partial charge in [-0.15, -0.1) is 46.4 Å². The first kappa shape index (κ1) is 34.9. The Morgan fingerprint density at radius 3 is 2.00 bits per heavy atom. The van der Waals surface area contributed by atoms with Gasteiger partial charge in [0.25, 0.3) is 0 Å². The molecule has 9 rings (SSSR count). The molecular formula is C48H44N6OPt. The molecule has 0 fully saturated rings. The number of nitrogens with zero attached hydrogens (tertiary/aromatic N) is 6. The molecule has 4 aromatic heterocycles. The maximum Gasteiger partial charge on any atom is 2.00 e. The normalized spacial score (nSPS) is 12.8. The molecule has 0 radical (unpaired) electrons. The number of hydrogen-bond acceptors (Lipinski definition) is 4. The number of pyridine rings is 1. The van der Waals surface area contributed by atoms with Crippen molar-refractivity contribution in [2.75, 3.05) is 0 Å². The summed E-state index contributed by atoms with van der Waals surface area (Å²) in [7, 11) is 0. The summed E-state index contributed by atoms with van der Waals surface area (Å²) in [4.78, 5) is 4.99. The van der Waals surface area contributed by atoms with E-state index in [0.29, 0.717) is 17.3 Å². The summed E-state index contributed by atoms with van der Waals surface area (Å²) in [5, 5.41) is 12.8. The van der Waals surface area contributed by atoms with Crippen LogP contribution in [0.2, 0.25) is 0 Å². The summed E-state index contributed by atoms with van der Waals surface area (Å²) in [6.45, 7) is 16.0. The predicted molar refractivity (Wildman–Crippen MR) is 224 cm³/mol. The molecule has 0 atom stereocenters. The average Bonchev–Trinajstić information content (AvgIpc) is 3.82. The van der Waals surface area contributed by atoms with Crippen molar-refractivity contribution in [2.24, 2.45) is 0 Å². The number of ether oxygens (including phenoxy) is 1. The molecule has 8 heteroatoms. The molecule has 0 aliphatic heterocycles. The van der Waals surface area contributed by atoms with Crippen LogP contribution in [-0.4, -0.2) is 29.1 Å². The predicted octanol–water partition coefficient (Wildman–Crippen LogP) is 12.2. The van der Waals surface area contributed by atoms with Gasteiger partial charge >= 0.3 is 21.1 Å². The Labute approximate surface area is 345 Å². The van der Waals surface area contributed by atoms with E-state index in [2.05, 4.69) is 94.0 Å². The van der Waals surface area contributed by atoms with E-state index in [9.17, 15) is 2.74 Å². The number of hydrogen-bond donors (Lipinski definition) is 0. The van der Waals surface area contributed by atoms with Gasteiger partial charge in [0.2, 0.25) is 0 Å². The molecule has 9 aromatic rings. The smallest absolute Gasteiger partial charge is 0.509 e. The van der Waals surface area contributed by atoms with Crippen LogP contribution in [-0.2, 0) is 21.1 Å². The number of aryl methyl sites for hydroxylation is 1. The fraction of sp³-hybridized carbons (Fsp3) is 0.229. The van der Waals surface area contributed by atoms with Gasteiger partial charge in [-0.25, -0.2) is 9.67 Å². The Kier molecular flexibility index (Phi) is 9.06. The van der Waals surface area contributed by atoms with Crippen molar-refractivity contribution in [2.45, 2.75) is 73.1 Å². The summed E-state index contributed by atoms with van der Waals surface area (Å²) in [6, 6.07) is 40.1. The van der Waals surface area contributed by atoms with Gasteiger partial charge < -0.3 is 13.9 Å². The van der Waals surface area contributed by atoms with Crippen LogP contribution in [0.4, 0.5) is 0 Å². The van der Waals surface area contributed by atoms with Crippen LogP contribution in [0.5, 0.6) is 11.5 Å². The summed E-state index contributed by atoms with van der Waals surface area (Å²) in [5.41, 5.74) is 10.1. The third-order valence-electron chi connectivity index (χ3n) is 10.8. The van der Waals surface area contributed by atoms with Crippen molar-refractivity contribution in [1.29, 1.82) is 0 Å². The van der Waals surface area contributed by atoms with Gasteiger partial charge in [0.05, 0.1) is 28.1 Å². The third kappa shape index (κ3) is 6.13. The Morgan fingerprint density at radius 1 is 0.679 bits per heavy atom. The monoisotopic (exact) mass is 917 g/mol. The van der Waals surface area contributed by atoms with E-state index in [4.69, 9.17) is 9.72 Å². The van der Waals surface area contributed by atoms with Crippen LogP contribution in [0, 0.1) is 26.0 Å². The van der Waals surface area contributed by atoms with Crippen LogP contribution in [0.15, 0.2) is 103 Å². The number of aromatic nitrogens is 6. The van der Waals surface area contributed by atoms with Gasteiger partial charge in [0.15, 0.2) is 0 Å². The molecule has 0 aliphatic rings. The van der Waals surface area contributed by atoms with Crippen molar-refractivity contribution in [3.63, 3.8) is 0 Å². The molecule has 0 bridgehead atoms. The minimum Gasteiger partial charge on any atom is -0.509 e. The summed E-state index contributed by atoms with van der Waals surface area (Å²) < 4.78 is 31.2. The summed E-state index contributed by atoms with van der Waals surface area (Å²) >= 11 is 0. The van der Waals surface area contributed by atoms with Crippen molar-refractivity contribution in [1.82, 2.24) is 29.1 Å². The molecule has 0 spiro atoms. The second-order valence-corrected chi connectivity index (χ2v) is 15.1. The first-order chi connectivity index (χ1) is 27.2. The number of benzene rings is 5. The van der Waals surface area contributed by atoms with Gasteiger partial charge in [-0.2, -0.15) is 6.07 Å². The van der Waals surface area contributed by atoms with Crippen molar-refractivity contribution in [3.8, 4) is 28.7 Å². The van der Waals surface area contributed by atoms with E-state index in [1.807, 2.05) is 96.3 Å². The molecule has 282 valence electrons. The maximum atomic E-state index is 9.21. The van der Waals surface area contributed by atoms with Crippen LogP contribution in [0.1, 0.15) is 90.1 Å². The zero-order valence-corrected chi connectivity index (χ0v) is 35.1. The zero-order valence-electron chi connectivity index (χ0n) is 34.8. The average molecular weight is 918 g/mol. The first-order valence-electron chi connectivity index (χ1n) is 19.8. The fourth-order valence-electron chi connectivity index (χ4n) is 7.82. The van der Waals surface area contributed by atoms with Gasteiger partial charge in [0, 0.05) is 42.8 Å². The molecule has 56 heavy (non-hydrogen) atoms. The molecule has 4 heterocycles. The van der Waals surface area contributed by atoms with Crippen LogP contribution >= 0.6 is 0 Å². The number of para-hydroxylation sites is 3. The molecule has 0 saturated carbocycles. The van der Waals surface area contributed by atoms with Crippen molar-refractivity contribution in [3.05, 3.63) is 143 Å². The van der Waals surface area contributed by atoms with Crippen LogP contribution in [0.25, 0.3) is 60.8 Å². The Morgan fingerprint density at radius 2 is 1.36 bits per heavy atom. The molecule has 7 nitrogen and oxygen atoms in total. The third-order valence-corrected chi connectivity index (χ3v) is 10.8. The first-order valence-corrected chi connectivity index (χ1v) is 18.8. The molecule has 0 aliphatic carbocycles. The molecule has 0 saturated heterocycles. The Hall–Kier alpha value is -5.52.